The van der Waals surface area contributed by atoms with Crippen LogP contribution in [0.15, 0.2) is 24.3 Å². The van der Waals surface area contributed by atoms with Crippen molar-refractivity contribution >= 4 is 11.7 Å². The van der Waals surface area contributed by atoms with E-state index in [1.165, 1.54) is 30.7 Å². The molecule has 5 nitrogen and oxygen atoms in total. The van der Waals surface area contributed by atoms with E-state index in [0.29, 0.717) is 11.5 Å². The van der Waals surface area contributed by atoms with E-state index in [2.05, 4.69) is 20.8 Å². The Kier molecular flexibility index (Phi) is 3.45. The van der Waals surface area contributed by atoms with Crippen molar-refractivity contribution < 1.29 is 14.7 Å². The van der Waals surface area contributed by atoms with Gasteiger partial charge in [-0.2, -0.15) is 0 Å². The molecule has 2 fully saturated rings. The first-order valence-corrected chi connectivity index (χ1v) is 7.73. The normalized spacial score (nSPS) is 32.0. The van der Waals surface area contributed by atoms with Crippen LogP contribution in [-0.4, -0.2) is 17.3 Å². The number of ether oxygens (including phenoxy) is 1. The maximum atomic E-state index is 12.3. The molecule has 2 aliphatic carbocycles. The summed E-state index contributed by atoms with van der Waals surface area (Å²) in [5.74, 6) is 0.248. The molecule has 1 aromatic rings. The van der Waals surface area contributed by atoms with Crippen LogP contribution in [0.2, 0.25) is 0 Å². The van der Waals surface area contributed by atoms with Gasteiger partial charge in [-0.1, -0.05) is 20.8 Å². The summed E-state index contributed by atoms with van der Waals surface area (Å²) in [6, 6.07) is 5.80. The van der Waals surface area contributed by atoms with Gasteiger partial charge in [-0.15, -0.1) is 0 Å². The number of carbonyl (C=O) groups excluding carboxylic acids is 1. The van der Waals surface area contributed by atoms with Gasteiger partial charge in [0, 0.05) is 5.41 Å². The number of rotatable bonds is 3. The third-order valence-electron chi connectivity index (χ3n) is 6.29. The molecular weight excluding hydrogens is 282 g/mol. The maximum absolute atomic E-state index is 12.3. The molecule has 0 radical (unpaired) electrons. The summed E-state index contributed by atoms with van der Waals surface area (Å²) in [5.41, 5.74) is 0.714. The number of hydrogen-bond acceptors (Lipinski definition) is 5. The van der Waals surface area contributed by atoms with Crippen molar-refractivity contribution in [3.05, 3.63) is 35.0 Å². The zero-order valence-corrected chi connectivity index (χ0v) is 13.2. The molecular formula is C17H22NO4-. The van der Waals surface area contributed by atoms with E-state index in [-0.39, 0.29) is 33.8 Å². The number of anilines is 1. The summed E-state index contributed by atoms with van der Waals surface area (Å²) < 4.78 is 5.78. The van der Waals surface area contributed by atoms with Crippen LogP contribution < -0.4 is 5.23 Å². The lowest BCUT2D eigenvalue weighted by atomic mass is 9.70. The highest BCUT2D eigenvalue weighted by Gasteiger charge is 2.62. The van der Waals surface area contributed by atoms with E-state index >= 15 is 0 Å². The zero-order chi connectivity index (χ0) is 16.1. The summed E-state index contributed by atoms with van der Waals surface area (Å²) >= 11 is 0. The Balaban J connectivity index is 1.73. The molecule has 0 aromatic heterocycles. The van der Waals surface area contributed by atoms with Crippen LogP contribution in [0.25, 0.3) is 0 Å². The molecule has 22 heavy (non-hydrogen) atoms. The van der Waals surface area contributed by atoms with Gasteiger partial charge in [-0.05, 0) is 54.9 Å². The minimum absolute atomic E-state index is 0.0319. The van der Waals surface area contributed by atoms with Crippen molar-refractivity contribution in [2.24, 2.45) is 16.7 Å². The van der Waals surface area contributed by atoms with Crippen molar-refractivity contribution in [2.45, 2.75) is 46.1 Å². The number of fused-ring (bicyclic) bond motifs is 2. The van der Waals surface area contributed by atoms with Crippen LogP contribution >= 0.6 is 0 Å². The van der Waals surface area contributed by atoms with Gasteiger partial charge in [0.1, 0.15) is 6.10 Å². The Labute approximate surface area is 130 Å². The van der Waals surface area contributed by atoms with E-state index < -0.39 is 0 Å². The lowest BCUT2D eigenvalue weighted by Gasteiger charge is -2.38. The Morgan fingerprint density at radius 2 is 1.95 bits per heavy atom. The van der Waals surface area contributed by atoms with Crippen molar-refractivity contribution in [1.82, 2.24) is 0 Å². The molecule has 0 amide bonds. The zero-order valence-electron chi connectivity index (χ0n) is 13.2. The van der Waals surface area contributed by atoms with E-state index in [9.17, 15) is 10.0 Å². The van der Waals surface area contributed by atoms with Gasteiger partial charge in [0.15, 0.2) is 0 Å². The number of benzene rings is 1. The first-order valence-electron chi connectivity index (χ1n) is 7.73. The van der Waals surface area contributed by atoms with Gasteiger partial charge < -0.3 is 15.2 Å². The molecule has 5 heteroatoms. The second-order valence-electron chi connectivity index (χ2n) is 7.32. The third-order valence-corrected chi connectivity index (χ3v) is 6.29. The third kappa shape index (κ3) is 2.11. The highest BCUT2D eigenvalue weighted by molar-refractivity contribution is 5.90. The fraction of sp³-hybridized carbons (Fsp3) is 0.588. The summed E-state index contributed by atoms with van der Waals surface area (Å²) in [6.07, 6.45) is 3.18. The lowest BCUT2D eigenvalue weighted by Crippen LogP contribution is -2.38. The van der Waals surface area contributed by atoms with Crippen molar-refractivity contribution in [1.29, 1.82) is 0 Å². The van der Waals surface area contributed by atoms with Gasteiger partial charge in [-0.3, -0.25) is 5.21 Å². The highest BCUT2D eigenvalue weighted by atomic mass is 16.8. The second kappa shape index (κ2) is 4.96. The van der Waals surface area contributed by atoms with Crippen molar-refractivity contribution in [2.75, 3.05) is 5.23 Å². The topological polar surface area (TPSA) is 72.8 Å². The monoisotopic (exact) mass is 304 g/mol. The number of carbonyl (C=O) groups is 1. The fourth-order valence-corrected chi connectivity index (χ4v) is 4.23. The molecule has 2 saturated carbocycles. The van der Waals surface area contributed by atoms with Crippen molar-refractivity contribution in [3.63, 3.8) is 0 Å². The molecule has 3 atom stereocenters. The summed E-state index contributed by atoms with van der Waals surface area (Å²) in [6.45, 7) is 6.77. The SMILES string of the molecule is CC1(C)C2CCC1(C)C(OC(=O)c1ccc(N([O-])O)cc1)C2. The predicted molar refractivity (Wildman–Crippen MR) is 82.5 cm³/mol. The van der Waals surface area contributed by atoms with Crippen LogP contribution in [0.5, 0.6) is 0 Å². The van der Waals surface area contributed by atoms with E-state index in [1.807, 2.05) is 0 Å². The second-order valence-corrected chi connectivity index (χ2v) is 7.32. The first-order chi connectivity index (χ1) is 10.3. The smallest absolute Gasteiger partial charge is 0.338 e. The molecule has 0 saturated heterocycles. The Hall–Kier alpha value is -1.59. The van der Waals surface area contributed by atoms with Crippen molar-refractivity contribution in [3.8, 4) is 0 Å². The molecule has 1 N–H and O–H groups in total. The Bertz CT molecular complexity index is 581. The Morgan fingerprint density at radius 3 is 2.41 bits per heavy atom. The largest absolute Gasteiger partial charge is 0.733 e. The summed E-state index contributed by atoms with van der Waals surface area (Å²) in [7, 11) is 0. The first kappa shape index (κ1) is 15.3. The van der Waals surface area contributed by atoms with Gasteiger partial charge in [0.05, 0.1) is 11.3 Å². The predicted octanol–water partition coefficient (Wildman–Crippen LogP) is 3.75. The lowest BCUT2D eigenvalue weighted by molar-refractivity contribution is -0.0242. The minimum Gasteiger partial charge on any atom is -0.733 e. The molecule has 2 aliphatic rings. The summed E-state index contributed by atoms with van der Waals surface area (Å²) in [5, 5.41) is 19.3. The molecule has 2 bridgehead atoms. The van der Waals surface area contributed by atoms with Gasteiger partial charge in [-0.25, -0.2) is 4.79 Å². The molecule has 1 aromatic carbocycles. The van der Waals surface area contributed by atoms with E-state index in [0.717, 1.165) is 12.8 Å². The van der Waals surface area contributed by atoms with E-state index in [4.69, 9.17) is 9.94 Å². The minimum atomic E-state index is -0.364. The average molecular weight is 304 g/mol. The maximum Gasteiger partial charge on any atom is 0.338 e. The molecule has 0 spiro atoms. The van der Waals surface area contributed by atoms with Gasteiger partial charge in [0.2, 0.25) is 0 Å². The number of hydrogen-bond donors (Lipinski definition) is 1. The quantitative estimate of drug-likeness (QED) is 0.680. The molecule has 120 valence electrons. The van der Waals surface area contributed by atoms with Crippen LogP contribution in [-0.2, 0) is 4.74 Å². The molecule has 0 aliphatic heterocycles. The Morgan fingerprint density at radius 1 is 1.32 bits per heavy atom. The van der Waals surface area contributed by atoms with Gasteiger partial charge >= 0.3 is 5.97 Å². The van der Waals surface area contributed by atoms with Crippen LogP contribution in [0.4, 0.5) is 5.69 Å². The van der Waals surface area contributed by atoms with E-state index in [1.54, 1.807) is 0 Å². The number of nitrogens with zero attached hydrogens (tertiary/aromatic N) is 1. The van der Waals surface area contributed by atoms with Crippen LogP contribution in [0.1, 0.15) is 50.4 Å². The molecule has 3 rings (SSSR count). The molecule has 3 unspecified atom stereocenters. The fourth-order valence-electron chi connectivity index (χ4n) is 4.23. The molecule has 0 heterocycles. The average Bonchev–Trinajstić information content (AvgIpc) is 2.80. The van der Waals surface area contributed by atoms with Gasteiger partial charge in [0.25, 0.3) is 0 Å². The number of esters is 1. The summed E-state index contributed by atoms with van der Waals surface area (Å²) in [4.78, 5) is 12.3. The highest BCUT2D eigenvalue weighted by Crippen LogP contribution is 2.66. The van der Waals surface area contributed by atoms with Crippen LogP contribution in [0.3, 0.4) is 0 Å². The van der Waals surface area contributed by atoms with Crippen LogP contribution in [0, 0.1) is 22.0 Å². The standard InChI is InChI=1S/C17H22NO4/c1-16(2)12-8-9-17(16,3)14(10-12)22-15(19)11-4-6-13(7-5-11)18(20)21/h4-7,12,14,20H,8-10H2,1-3H3/q-1.